The molecule has 0 amide bonds. The van der Waals surface area contributed by atoms with Gasteiger partial charge in [0.05, 0.1) is 12.2 Å². The predicted molar refractivity (Wildman–Crippen MR) is 141 cm³/mol. The van der Waals surface area contributed by atoms with Gasteiger partial charge in [0, 0.05) is 25.0 Å². The minimum Gasteiger partial charge on any atom is -0.504 e. The second-order valence-corrected chi connectivity index (χ2v) is 9.35. The predicted octanol–water partition coefficient (Wildman–Crippen LogP) is 0.489. The van der Waals surface area contributed by atoms with Crippen LogP contribution in [0.5, 0.6) is 23.0 Å². The first-order chi connectivity index (χ1) is 20.2. The third kappa shape index (κ3) is 8.54. The zero-order chi connectivity index (χ0) is 31.9. The van der Waals surface area contributed by atoms with Crippen LogP contribution in [-0.4, -0.2) is 89.5 Å². The Balaban J connectivity index is 1.78. The third-order valence-corrected chi connectivity index (χ3v) is 6.08. The summed E-state index contributed by atoms with van der Waals surface area (Å²) < 4.78 is 14.8. The second kappa shape index (κ2) is 13.5. The summed E-state index contributed by atoms with van der Waals surface area (Å²) in [6.45, 7) is 0. The van der Waals surface area contributed by atoms with Crippen molar-refractivity contribution in [1.29, 1.82) is 0 Å². The molecule has 43 heavy (non-hydrogen) atoms. The molecular weight excluding hydrogens is 576 g/mol. The first-order valence-electron chi connectivity index (χ1n) is 12.4. The molecule has 1 aliphatic rings. The number of hydrogen-bond donors (Lipinski definition) is 7. The summed E-state index contributed by atoms with van der Waals surface area (Å²) in [6.07, 6.45) is -4.33. The standard InChI is InChI=1S/C28H26O15/c29-16-5-1-14(9-18(16)31)3-7-23(37)41-26-20(33)12-28(13-21(26)34,27(40)42-25(39)11-22(35)36)43-24(38)8-4-15-2-6-17(30)19(32)10-15/h1-10,20-21,26,29-34H,11-13H2,(H,35,36)/b7-3+,8-4+/t20-,21+,26?,28?. The van der Waals surface area contributed by atoms with Gasteiger partial charge < -0.3 is 50.0 Å². The van der Waals surface area contributed by atoms with Crippen molar-refractivity contribution in [2.45, 2.75) is 43.2 Å². The zero-order valence-electron chi connectivity index (χ0n) is 22.0. The molecule has 3 rings (SSSR count). The van der Waals surface area contributed by atoms with E-state index < -0.39 is 96.0 Å². The van der Waals surface area contributed by atoms with Crippen LogP contribution in [0.1, 0.15) is 30.4 Å². The number of benzene rings is 2. The van der Waals surface area contributed by atoms with E-state index in [-0.39, 0.29) is 11.1 Å². The lowest BCUT2D eigenvalue weighted by Crippen LogP contribution is -2.59. The van der Waals surface area contributed by atoms with E-state index >= 15 is 0 Å². The molecule has 0 saturated heterocycles. The van der Waals surface area contributed by atoms with Gasteiger partial charge >= 0.3 is 29.8 Å². The number of carbonyl (C=O) groups is 5. The van der Waals surface area contributed by atoms with Crippen LogP contribution in [-0.2, 0) is 38.2 Å². The van der Waals surface area contributed by atoms with E-state index in [1.165, 1.54) is 24.3 Å². The van der Waals surface area contributed by atoms with Gasteiger partial charge in [-0.1, -0.05) is 12.1 Å². The number of phenolic OH excluding ortho intramolecular Hbond substituents is 4. The van der Waals surface area contributed by atoms with Crippen LogP contribution in [0.3, 0.4) is 0 Å². The molecule has 228 valence electrons. The van der Waals surface area contributed by atoms with Gasteiger partial charge in [0.1, 0.15) is 6.42 Å². The van der Waals surface area contributed by atoms with E-state index in [1.54, 1.807) is 0 Å². The molecule has 0 aliphatic heterocycles. The number of carboxylic acids is 1. The van der Waals surface area contributed by atoms with Crippen LogP contribution < -0.4 is 0 Å². The van der Waals surface area contributed by atoms with Crippen molar-refractivity contribution >= 4 is 42.0 Å². The summed E-state index contributed by atoms with van der Waals surface area (Å²) in [5.74, 6) is -8.84. The highest BCUT2D eigenvalue weighted by Gasteiger charge is 2.55. The van der Waals surface area contributed by atoms with E-state index in [1.807, 2.05) is 0 Å². The van der Waals surface area contributed by atoms with E-state index in [9.17, 15) is 54.6 Å². The maximum Gasteiger partial charge on any atom is 0.358 e. The molecule has 15 nitrogen and oxygen atoms in total. The van der Waals surface area contributed by atoms with Gasteiger partial charge in [0.2, 0.25) is 5.60 Å². The van der Waals surface area contributed by atoms with Gasteiger partial charge in [-0.25, -0.2) is 14.4 Å². The molecule has 0 spiro atoms. The lowest BCUT2D eigenvalue weighted by molar-refractivity contribution is -0.211. The minimum absolute atomic E-state index is 0.215. The SMILES string of the molecule is O=C(O)CC(=O)OC(=O)C1(OC(=O)/C=C/c2ccc(O)c(O)c2)C[C@@H](O)C(OC(=O)/C=C/c2ccc(O)c(O)c2)[C@@H](O)C1. The summed E-state index contributed by atoms with van der Waals surface area (Å²) in [7, 11) is 0. The lowest BCUT2D eigenvalue weighted by Gasteiger charge is -2.41. The molecule has 7 N–H and O–H groups in total. The number of aromatic hydroxyl groups is 4. The van der Waals surface area contributed by atoms with Crippen LogP contribution in [0.25, 0.3) is 12.2 Å². The molecule has 0 radical (unpaired) electrons. The van der Waals surface area contributed by atoms with Crippen LogP contribution in [0.15, 0.2) is 48.6 Å². The molecule has 4 atom stereocenters. The Hall–Kier alpha value is -5.41. The van der Waals surface area contributed by atoms with Gasteiger partial charge in [-0.2, -0.15) is 0 Å². The van der Waals surface area contributed by atoms with E-state index in [2.05, 4.69) is 4.74 Å². The summed E-state index contributed by atoms with van der Waals surface area (Å²) in [6, 6.07) is 7.22. The molecule has 0 aromatic heterocycles. The molecular formula is C28H26O15. The van der Waals surface area contributed by atoms with Crippen molar-refractivity contribution in [3.05, 3.63) is 59.7 Å². The third-order valence-electron chi connectivity index (χ3n) is 6.08. The Bertz CT molecular complexity index is 1460. The number of aliphatic carboxylic acids is 1. The molecule has 0 bridgehead atoms. The smallest absolute Gasteiger partial charge is 0.358 e. The van der Waals surface area contributed by atoms with E-state index in [0.717, 1.165) is 36.4 Å². The number of aliphatic hydroxyl groups excluding tert-OH is 2. The molecule has 1 aliphatic carbocycles. The van der Waals surface area contributed by atoms with Crippen LogP contribution in [0, 0.1) is 0 Å². The molecule has 2 aromatic carbocycles. The van der Waals surface area contributed by atoms with Crippen molar-refractivity contribution < 1.29 is 73.9 Å². The van der Waals surface area contributed by atoms with Gasteiger partial charge in [-0.05, 0) is 47.5 Å². The van der Waals surface area contributed by atoms with E-state index in [4.69, 9.17) is 14.6 Å². The van der Waals surface area contributed by atoms with Crippen molar-refractivity contribution in [1.82, 2.24) is 0 Å². The number of rotatable bonds is 9. The maximum absolute atomic E-state index is 13.0. The van der Waals surface area contributed by atoms with Crippen molar-refractivity contribution in [2.24, 2.45) is 0 Å². The second-order valence-electron chi connectivity index (χ2n) is 9.35. The van der Waals surface area contributed by atoms with Gasteiger partial charge in [-0.15, -0.1) is 0 Å². The first-order valence-corrected chi connectivity index (χ1v) is 12.4. The fourth-order valence-electron chi connectivity index (χ4n) is 4.07. The Morgan fingerprint density at radius 2 is 1.26 bits per heavy atom. The number of aliphatic hydroxyl groups is 2. The molecule has 1 fully saturated rings. The fraction of sp³-hybridized carbons (Fsp3) is 0.250. The topological polar surface area (TPSA) is 255 Å². The number of carbonyl (C=O) groups excluding carboxylic acids is 4. The number of hydrogen-bond acceptors (Lipinski definition) is 14. The highest BCUT2D eigenvalue weighted by Crippen LogP contribution is 2.36. The Labute approximate surface area is 242 Å². The summed E-state index contributed by atoms with van der Waals surface area (Å²) in [4.78, 5) is 60.6. The molecule has 2 unspecified atom stereocenters. The summed E-state index contributed by atoms with van der Waals surface area (Å²) in [5.41, 5.74) is -2.03. The largest absolute Gasteiger partial charge is 0.504 e. The number of esters is 4. The molecule has 1 saturated carbocycles. The van der Waals surface area contributed by atoms with Crippen molar-refractivity contribution in [3.8, 4) is 23.0 Å². The molecule has 0 heterocycles. The Morgan fingerprint density at radius 3 is 1.72 bits per heavy atom. The number of ether oxygens (including phenoxy) is 3. The van der Waals surface area contributed by atoms with Crippen LogP contribution in [0.2, 0.25) is 0 Å². The van der Waals surface area contributed by atoms with Crippen LogP contribution in [0.4, 0.5) is 0 Å². The minimum atomic E-state index is -2.53. The van der Waals surface area contributed by atoms with Gasteiger partial charge in [0.15, 0.2) is 29.1 Å². The van der Waals surface area contributed by atoms with Crippen molar-refractivity contribution in [3.63, 3.8) is 0 Å². The van der Waals surface area contributed by atoms with Gasteiger partial charge in [-0.3, -0.25) is 9.59 Å². The average Bonchev–Trinajstić information content (AvgIpc) is 2.91. The van der Waals surface area contributed by atoms with Crippen molar-refractivity contribution in [2.75, 3.05) is 0 Å². The number of carboxylic acid groups (broad SMARTS) is 1. The van der Waals surface area contributed by atoms with Gasteiger partial charge in [0.25, 0.3) is 0 Å². The van der Waals surface area contributed by atoms with E-state index in [0.29, 0.717) is 0 Å². The van der Waals surface area contributed by atoms with Crippen LogP contribution >= 0.6 is 0 Å². The zero-order valence-corrected chi connectivity index (χ0v) is 22.0. The summed E-state index contributed by atoms with van der Waals surface area (Å²) in [5, 5.41) is 68.1. The maximum atomic E-state index is 13.0. The average molecular weight is 603 g/mol. The number of phenols is 4. The quantitative estimate of drug-likeness (QED) is 0.0677. The first kappa shape index (κ1) is 32.1. The fourth-order valence-corrected chi connectivity index (χ4v) is 4.07. The Morgan fingerprint density at radius 1 is 0.767 bits per heavy atom. The molecule has 15 heteroatoms. The summed E-state index contributed by atoms with van der Waals surface area (Å²) >= 11 is 0. The monoisotopic (exact) mass is 602 g/mol. The highest BCUT2D eigenvalue weighted by molar-refractivity contribution is 5.99. The molecule has 2 aromatic rings. The normalized spacial score (nSPS) is 21.8. The lowest BCUT2D eigenvalue weighted by atomic mass is 9.79. The Kier molecular flexibility index (Phi) is 10.1. The highest BCUT2D eigenvalue weighted by atomic mass is 16.6.